The van der Waals surface area contributed by atoms with Crippen LogP contribution in [0.3, 0.4) is 0 Å². The van der Waals surface area contributed by atoms with Gasteiger partial charge in [0.1, 0.15) is 0 Å². The van der Waals surface area contributed by atoms with E-state index in [0.717, 1.165) is 0 Å². The van der Waals surface area contributed by atoms with E-state index in [-0.39, 0.29) is 32.6 Å². The SMILES string of the molecule is CC(C)(C)c1ccccc1[S+](c1ccccc1)c1ccccc1.CC(C)(C)c1ccccc1[S+](c1ccccc1)c1ccccc1.O=C([O-])CC(=O)[O-]. The molecule has 0 radical (unpaired) electrons. The average Bonchev–Trinajstić information content (AvgIpc) is 3.13. The molecule has 6 aromatic carbocycles. The van der Waals surface area contributed by atoms with Gasteiger partial charge >= 0.3 is 0 Å². The van der Waals surface area contributed by atoms with Gasteiger partial charge in [0.05, 0.1) is 21.8 Å². The van der Waals surface area contributed by atoms with Crippen molar-refractivity contribution in [3.63, 3.8) is 0 Å². The van der Waals surface area contributed by atoms with E-state index in [0.29, 0.717) is 0 Å². The third kappa shape index (κ3) is 12.0. The molecule has 6 heteroatoms. The average molecular weight is 741 g/mol. The van der Waals surface area contributed by atoms with Crippen LogP contribution in [0, 0.1) is 0 Å². The molecule has 53 heavy (non-hydrogen) atoms. The van der Waals surface area contributed by atoms with E-state index in [2.05, 4.69) is 211 Å². The number of hydrogen-bond acceptors (Lipinski definition) is 4. The van der Waals surface area contributed by atoms with Crippen molar-refractivity contribution in [2.24, 2.45) is 0 Å². The largest absolute Gasteiger partial charge is 0.550 e. The molecule has 0 aromatic heterocycles. The van der Waals surface area contributed by atoms with E-state index in [1.54, 1.807) is 0 Å². The standard InChI is InChI=1S/2C22H23S.C3H4O4/c2*1-22(2,3)20-16-10-11-17-21(20)23(18-12-6-4-7-13-18)19-14-8-5-9-15-19;4-2(5)1-3(6)7/h2*4-17H,1-3H3;1H2,(H,4,5)(H,6,7)/q2*+1;/p-2. The summed E-state index contributed by atoms with van der Waals surface area (Å²) in [6.45, 7) is 13.8. The van der Waals surface area contributed by atoms with Gasteiger partial charge in [-0.3, -0.25) is 0 Å². The fourth-order valence-corrected chi connectivity index (χ4v) is 10.5. The molecule has 0 aliphatic rings. The van der Waals surface area contributed by atoms with Crippen LogP contribution < -0.4 is 10.2 Å². The van der Waals surface area contributed by atoms with Crippen molar-refractivity contribution < 1.29 is 19.8 Å². The minimum atomic E-state index is -1.63. The van der Waals surface area contributed by atoms with Gasteiger partial charge in [0, 0.05) is 29.5 Å². The molecule has 0 heterocycles. The molecular weight excluding hydrogens is 693 g/mol. The van der Waals surface area contributed by atoms with Crippen LogP contribution in [-0.4, -0.2) is 11.9 Å². The van der Waals surface area contributed by atoms with Gasteiger partial charge in [0.2, 0.25) is 0 Å². The van der Waals surface area contributed by atoms with E-state index >= 15 is 0 Å². The molecule has 4 nitrogen and oxygen atoms in total. The van der Waals surface area contributed by atoms with E-state index in [9.17, 15) is 19.8 Å². The molecule has 6 rings (SSSR count). The van der Waals surface area contributed by atoms with E-state index < -0.39 is 18.4 Å². The van der Waals surface area contributed by atoms with Gasteiger partial charge in [-0.05, 0) is 71.5 Å². The van der Waals surface area contributed by atoms with Gasteiger partial charge in [-0.15, -0.1) is 0 Å². The minimum absolute atomic E-state index is 0.0727. The maximum atomic E-state index is 9.28. The van der Waals surface area contributed by atoms with Gasteiger partial charge in [-0.25, -0.2) is 0 Å². The summed E-state index contributed by atoms with van der Waals surface area (Å²) in [5.41, 5.74) is 3.11. The Balaban J connectivity index is 0.000000201. The van der Waals surface area contributed by atoms with Crippen LogP contribution in [-0.2, 0) is 42.2 Å². The Bertz CT molecular complexity index is 1790. The van der Waals surface area contributed by atoms with Crippen molar-refractivity contribution >= 4 is 33.7 Å². The lowest BCUT2D eigenvalue weighted by atomic mass is 9.87. The van der Waals surface area contributed by atoms with Crippen molar-refractivity contribution in [1.29, 1.82) is 0 Å². The first kappa shape index (κ1) is 40.7. The number of rotatable bonds is 8. The maximum absolute atomic E-state index is 9.28. The van der Waals surface area contributed by atoms with Crippen molar-refractivity contribution in [2.45, 2.75) is 88.2 Å². The molecule has 0 atom stereocenters. The van der Waals surface area contributed by atoms with Gasteiger partial charge in [0.15, 0.2) is 29.4 Å². The molecule has 0 saturated carbocycles. The van der Waals surface area contributed by atoms with Gasteiger partial charge in [-0.2, -0.15) is 0 Å². The Morgan fingerprint density at radius 1 is 0.396 bits per heavy atom. The van der Waals surface area contributed by atoms with Crippen LogP contribution in [0.25, 0.3) is 0 Å². The molecule has 0 bridgehead atoms. The molecule has 0 fully saturated rings. The molecule has 0 aliphatic heterocycles. The zero-order valence-electron chi connectivity index (χ0n) is 31.3. The van der Waals surface area contributed by atoms with Gasteiger partial charge < -0.3 is 19.8 Å². The highest BCUT2D eigenvalue weighted by molar-refractivity contribution is 7.97. The van der Waals surface area contributed by atoms with Crippen molar-refractivity contribution in [3.8, 4) is 0 Å². The lowest BCUT2D eigenvalue weighted by molar-refractivity contribution is -0.322. The van der Waals surface area contributed by atoms with E-state index in [1.165, 1.54) is 40.5 Å². The van der Waals surface area contributed by atoms with Crippen LogP contribution in [0.4, 0.5) is 0 Å². The van der Waals surface area contributed by atoms with Gasteiger partial charge in [0.25, 0.3) is 0 Å². The second-order valence-corrected chi connectivity index (χ2v) is 18.3. The first-order chi connectivity index (χ1) is 25.3. The second kappa shape index (κ2) is 19.2. The molecule has 0 saturated heterocycles. The highest BCUT2D eigenvalue weighted by atomic mass is 32.2. The smallest absolute Gasteiger partial charge is 0.170 e. The van der Waals surface area contributed by atoms with E-state index in [1.807, 2.05) is 0 Å². The summed E-state index contributed by atoms with van der Waals surface area (Å²) in [4.78, 5) is 26.9. The number of carbonyl (C=O) groups is 2. The summed E-state index contributed by atoms with van der Waals surface area (Å²) < 4.78 is 0. The van der Waals surface area contributed by atoms with Crippen LogP contribution in [0.15, 0.2) is 199 Å². The highest BCUT2D eigenvalue weighted by Crippen LogP contribution is 2.39. The van der Waals surface area contributed by atoms with Crippen LogP contribution >= 0.6 is 0 Å². The van der Waals surface area contributed by atoms with Crippen molar-refractivity contribution in [1.82, 2.24) is 0 Å². The summed E-state index contributed by atoms with van der Waals surface area (Å²) in [5.74, 6) is -3.25. The topological polar surface area (TPSA) is 80.3 Å². The molecule has 0 spiro atoms. The summed E-state index contributed by atoms with van der Waals surface area (Å²) in [6.07, 6.45) is -1.03. The summed E-state index contributed by atoms with van der Waals surface area (Å²) in [5, 5.41) is 18.6. The number of carbonyl (C=O) groups excluding carboxylic acids is 2. The van der Waals surface area contributed by atoms with Crippen molar-refractivity contribution in [2.75, 3.05) is 0 Å². The number of hydrogen-bond donors (Lipinski definition) is 0. The third-order valence-electron chi connectivity index (χ3n) is 8.03. The fourth-order valence-electron chi connectivity index (χ4n) is 5.65. The van der Waals surface area contributed by atoms with Gasteiger partial charge in [-0.1, -0.05) is 151 Å². The lowest BCUT2D eigenvalue weighted by Crippen LogP contribution is -2.32. The monoisotopic (exact) mass is 740 g/mol. The third-order valence-corrected chi connectivity index (χ3v) is 12.6. The number of carboxylic acids is 2. The maximum Gasteiger partial charge on any atom is 0.170 e. The molecule has 0 unspecified atom stereocenters. The Labute approximate surface area is 321 Å². The van der Waals surface area contributed by atoms with Crippen LogP contribution in [0.5, 0.6) is 0 Å². The Morgan fingerprint density at radius 2 is 0.623 bits per heavy atom. The zero-order chi connectivity index (χ0) is 38.4. The molecule has 0 amide bonds. The predicted molar refractivity (Wildman–Crippen MR) is 215 cm³/mol. The fraction of sp³-hybridized carbons (Fsp3) is 0.191. The molecule has 0 aliphatic carbocycles. The normalized spacial score (nSPS) is 11.2. The zero-order valence-corrected chi connectivity index (χ0v) is 33.0. The summed E-state index contributed by atoms with van der Waals surface area (Å²) in [6, 6.07) is 61.2. The number of aliphatic carboxylic acids is 2. The Hall–Kier alpha value is -5.04. The van der Waals surface area contributed by atoms with Crippen LogP contribution in [0.1, 0.15) is 59.1 Å². The number of benzene rings is 6. The first-order valence-corrected chi connectivity index (χ1v) is 20.0. The minimum Gasteiger partial charge on any atom is -0.550 e. The molecule has 0 N–H and O–H groups in total. The van der Waals surface area contributed by atoms with E-state index in [4.69, 9.17) is 0 Å². The molecule has 272 valence electrons. The lowest BCUT2D eigenvalue weighted by Gasteiger charge is -2.22. The first-order valence-electron chi connectivity index (χ1n) is 17.5. The molecular formula is C47H48O4S2. The highest BCUT2D eigenvalue weighted by Gasteiger charge is 2.35. The number of carboxylic acid groups (broad SMARTS) is 2. The quantitative estimate of drug-likeness (QED) is 0.115. The summed E-state index contributed by atoms with van der Waals surface area (Å²) >= 11 is 0. The predicted octanol–water partition coefficient (Wildman–Crippen LogP) is 9.04. The van der Waals surface area contributed by atoms with Crippen molar-refractivity contribution in [3.05, 3.63) is 181 Å². The van der Waals surface area contributed by atoms with Crippen LogP contribution in [0.2, 0.25) is 0 Å². The Kier molecular flexibility index (Phi) is 14.7. The summed E-state index contributed by atoms with van der Waals surface area (Å²) in [7, 11) is -0.145. The second-order valence-electron chi connectivity index (χ2n) is 14.3. The molecule has 6 aromatic rings. The Morgan fingerprint density at radius 3 is 0.830 bits per heavy atom.